The number of nitrogens with two attached hydrogens (primary N) is 1. The molecule has 0 fully saturated rings. The van der Waals surface area contributed by atoms with E-state index in [9.17, 15) is 4.79 Å². The van der Waals surface area contributed by atoms with E-state index in [0.29, 0.717) is 5.82 Å². The van der Waals surface area contributed by atoms with Gasteiger partial charge in [0.25, 0.3) is 0 Å². The minimum absolute atomic E-state index is 0.000671. The van der Waals surface area contributed by atoms with Crippen molar-refractivity contribution in [2.24, 2.45) is 0 Å². The van der Waals surface area contributed by atoms with Crippen LogP contribution in [-0.4, -0.2) is 25.8 Å². The number of carbonyl (C=O) groups is 1. The summed E-state index contributed by atoms with van der Waals surface area (Å²) in [4.78, 5) is 29.9. The van der Waals surface area contributed by atoms with E-state index in [0.717, 1.165) is 55.4 Å². The highest BCUT2D eigenvalue weighted by Crippen LogP contribution is 2.40. The number of nitrogen functional groups attached to an aromatic ring is 1. The van der Waals surface area contributed by atoms with Crippen molar-refractivity contribution in [2.75, 3.05) is 16.4 Å². The topological polar surface area (TPSA) is 119 Å². The van der Waals surface area contributed by atoms with Crippen LogP contribution in [0.3, 0.4) is 0 Å². The Morgan fingerprint density at radius 2 is 1.86 bits per heavy atom. The van der Waals surface area contributed by atoms with Gasteiger partial charge in [-0.3, -0.25) is 4.79 Å². The lowest BCUT2D eigenvalue weighted by molar-refractivity contribution is -0.119. The number of hydrogen-bond donors (Lipinski definition) is 3. The van der Waals surface area contributed by atoms with Crippen LogP contribution >= 0.6 is 0 Å². The lowest BCUT2D eigenvalue weighted by atomic mass is 9.86. The summed E-state index contributed by atoms with van der Waals surface area (Å²) in [7, 11) is 0. The van der Waals surface area contributed by atoms with Crippen LogP contribution in [-0.2, 0) is 10.2 Å². The molecule has 4 N–H and O–H groups in total. The molecule has 1 amide bonds. The first-order chi connectivity index (χ1) is 16.8. The molecule has 8 heteroatoms. The second-order valence-corrected chi connectivity index (χ2v) is 9.34. The van der Waals surface area contributed by atoms with Crippen LogP contribution in [0.2, 0.25) is 0 Å². The molecular formula is C27H23N7O. The molecule has 3 aromatic carbocycles. The van der Waals surface area contributed by atoms with Gasteiger partial charge in [-0.1, -0.05) is 18.2 Å². The predicted molar refractivity (Wildman–Crippen MR) is 139 cm³/mol. The number of fused-ring (bicyclic) bond motifs is 3. The summed E-state index contributed by atoms with van der Waals surface area (Å²) in [5.74, 6) is 0.946. The molecule has 1 aliphatic heterocycles. The second-order valence-electron chi connectivity index (χ2n) is 9.34. The summed E-state index contributed by atoms with van der Waals surface area (Å²) in [6.07, 6.45) is 3.30. The Labute approximate surface area is 201 Å². The Balaban J connectivity index is 1.44. The quantitative estimate of drug-likeness (QED) is 0.342. The minimum Gasteiger partial charge on any atom is -0.368 e. The van der Waals surface area contributed by atoms with Crippen LogP contribution in [0, 0.1) is 6.92 Å². The van der Waals surface area contributed by atoms with Crippen molar-refractivity contribution < 1.29 is 4.79 Å². The van der Waals surface area contributed by atoms with E-state index in [4.69, 9.17) is 5.73 Å². The van der Waals surface area contributed by atoms with Gasteiger partial charge in [-0.2, -0.15) is 0 Å². The fourth-order valence-electron chi connectivity index (χ4n) is 4.71. The molecule has 0 saturated heterocycles. The molecule has 0 spiro atoms. The van der Waals surface area contributed by atoms with Gasteiger partial charge in [-0.25, -0.2) is 19.9 Å². The summed E-state index contributed by atoms with van der Waals surface area (Å²) < 4.78 is 0. The normalized spacial score (nSPS) is 14.2. The Morgan fingerprint density at radius 1 is 1.00 bits per heavy atom. The first-order valence-electron chi connectivity index (χ1n) is 11.3. The Bertz CT molecular complexity index is 1680. The Morgan fingerprint density at radius 3 is 2.71 bits per heavy atom. The Hall–Kier alpha value is -4.59. The third-order valence-corrected chi connectivity index (χ3v) is 6.67. The standard InChI is InChI=1S/C27H23N7O/c1-14-4-7-18-23(22(14)15-5-9-20-16(10-15)12-29-26(28)34-20)30-13-31-24(18)32-17-6-8-19-21(11-17)33-25(35)27(19,2)3/h4-13H,1-3H3,(H,33,35)(H2,28,29,34)(H,30,31,32). The van der Waals surface area contributed by atoms with E-state index in [1.54, 1.807) is 12.5 Å². The molecule has 0 radical (unpaired) electrons. The van der Waals surface area contributed by atoms with Crippen molar-refractivity contribution in [1.29, 1.82) is 0 Å². The van der Waals surface area contributed by atoms with Crippen molar-refractivity contribution in [3.8, 4) is 11.1 Å². The monoisotopic (exact) mass is 461 g/mol. The first-order valence-corrected chi connectivity index (χ1v) is 11.3. The maximum absolute atomic E-state index is 12.3. The molecule has 8 nitrogen and oxygen atoms in total. The molecule has 2 aromatic heterocycles. The summed E-state index contributed by atoms with van der Waals surface area (Å²) in [6, 6.07) is 16.0. The lowest BCUT2D eigenvalue weighted by Crippen LogP contribution is -2.26. The molecule has 0 aliphatic carbocycles. The average Bonchev–Trinajstić information content (AvgIpc) is 3.06. The highest BCUT2D eigenvalue weighted by Gasteiger charge is 2.38. The predicted octanol–water partition coefficient (Wildman–Crippen LogP) is 5.10. The molecule has 0 atom stereocenters. The lowest BCUT2D eigenvalue weighted by Gasteiger charge is -2.16. The van der Waals surface area contributed by atoms with E-state index in [1.165, 1.54) is 0 Å². The number of hydrogen-bond acceptors (Lipinski definition) is 7. The highest BCUT2D eigenvalue weighted by molar-refractivity contribution is 6.06. The van der Waals surface area contributed by atoms with E-state index >= 15 is 0 Å². The highest BCUT2D eigenvalue weighted by atomic mass is 16.2. The van der Waals surface area contributed by atoms with Crippen molar-refractivity contribution in [2.45, 2.75) is 26.2 Å². The molecule has 172 valence electrons. The molecule has 5 aromatic rings. The SMILES string of the molecule is Cc1ccc2c(Nc3ccc4c(c3)NC(=O)C4(C)C)ncnc2c1-c1ccc2nc(N)ncc2c1. The third kappa shape index (κ3) is 3.33. The summed E-state index contributed by atoms with van der Waals surface area (Å²) in [6.45, 7) is 5.92. The van der Waals surface area contributed by atoms with E-state index in [2.05, 4.69) is 49.6 Å². The summed E-state index contributed by atoms with van der Waals surface area (Å²) in [5.41, 5.74) is 12.6. The van der Waals surface area contributed by atoms with Gasteiger partial charge in [0.2, 0.25) is 11.9 Å². The van der Waals surface area contributed by atoms with Crippen molar-refractivity contribution >= 4 is 50.9 Å². The number of aromatic nitrogens is 4. The van der Waals surface area contributed by atoms with Crippen LogP contribution in [0.15, 0.2) is 61.1 Å². The zero-order chi connectivity index (χ0) is 24.3. The zero-order valence-corrected chi connectivity index (χ0v) is 19.5. The van der Waals surface area contributed by atoms with Crippen LogP contribution in [0.1, 0.15) is 25.0 Å². The number of carbonyl (C=O) groups excluding carboxylic acids is 1. The van der Waals surface area contributed by atoms with E-state index in [1.807, 2.05) is 50.2 Å². The first kappa shape index (κ1) is 21.0. The molecule has 0 unspecified atom stereocenters. The van der Waals surface area contributed by atoms with Gasteiger partial charge in [0.15, 0.2) is 0 Å². The van der Waals surface area contributed by atoms with Crippen LogP contribution in [0.4, 0.5) is 23.1 Å². The number of amides is 1. The Kier molecular flexibility index (Phi) is 4.47. The van der Waals surface area contributed by atoms with Gasteiger partial charge in [0.05, 0.1) is 16.4 Å². The van der Waals surface area contributed by atoms with Gasteiger partial charge >= 0.3 is 0 Å². The van der Waals surface area contributed by atoms with Crippen molar-refractivity contribution in [3.63, 3.8) is 0 Å². The molecular weight excluding hydrogens is 438 g/mol. The number of rotatable bonds is 3. The van der Waals surface area contributed by atoms with Crippen LogP contribution < -0.4 is 16.4 Å². The van der Waals surface area contributed by atoms with Gasteiger partial charge in [0, 0.05) is 33.9 Å². The van der Waals surface area contributed by atoms with Crippen LogP contribution in [0.5, 0.6) is 0 Å². The number of aryl methyl sites for hydroxylation is 1. The van der Waals surface area contributed by atoms with Gasteiger partial charge in [-0.05, 0) is 67.8 Å². The minimum atomic E-state index is -0.543. The van der Waals surface area contributed by atoms with Crippen LogP contribution in [0.25, 0.3) is 32.9 Å². The summed E-state index contributed by atoms with van der Waals surface area (Å²) in [5, 5.41) is 8.20. The van der Waals surface area contributed by atoms with Gasteiger partial charge < -0.3 is 16.4 Å². The smallest absolute Gasteiger partial charge is 0.234 e. The molecule has 1 aliphatic rings. The van der Waals surface area contributed by atoms with Gasteiger partial charge in [0.1, 0.15) is 12.1 Å². The second kappa shape index (κ2) is 7.46. The largest absolute Gasteiger partial charge is 0.368 e. The fraction of sp³-hybridized carbons (Fsp3) is 0.148. The molecule has 0 saturated carbocycles. The summed E-state index contributed by atoms with van der Waals surface area (Å²) >= 11 is 0. The average molecular weight is 462 g/mol. The number of benzene rings is 3. The maximum Gasteiger partial charge on any atom is 0.234 e. The zero-order valence-electron chi connectivity index (χ0n) is 19.5. The van der Waals surface area contributed by atoms with E-state index in [-0.39, 0.29) is 11.9 Å². The maximum atomic E-state index is 12.3. The van der Waals surface area contributed by atoms with Crippen molar-refractivity contribution in [1.82, 2.24) is 19.9 Å². The van der Waals surface area contributed by atoms with E-state index < -0.39 is 5.41 Å². The molecule has 0 bridgehead atoms. The molecule has 3 heterocycles. The number of nitrogens with one attached hydrogen (secondary N) is 2. The van der Waals surface area contributed by atoms with Crippen molar-refractivity contribution in [3.05, 3.63) is 72.2 Å². The fourth-order valence-corrected chi connectivity index (χ4v) is 4.71. The number of anilines is 4. The molecule has 6 rings (SSSR count). The molecule has 35 heavy (non-hydrogen) atoms. The van der Waals surface area contributed by atoms with Gasteiger partial charge in [-0.15, -0.1) is 0 Å². The third-order valence-electron chi connectivity index (χ3n) is 6.67. The number of nitrogens with zero attached hydrogens (tertiary/aromatic N) is 4.